The van der Waals surface area contributed by atoms with Crippen molar-refractivity contribution in [3.63, 3.8) is 0 Å². The van der Waals surface area contributed by atoms with E-state index in [-0.39, 0.29) is 0 Å². The summed E-state index contributed by atoms with van der Waals surface area (Å²) >= 11 is 0. The van der Waals surface area contributed by atoms with Gasteiger partial charge in [0.25, 0.3) is 0 Å². The van der Waals surface area contributed by atoms with Crippen molar-refractivity contribution in [2.45, 2.75) is 13.8 Å². The van der Waals surface area contributed by atoms with Gasteiger partial charge in [-0.1, -0.05) is 30.3 Å². The van der Waals surface area contributed by atoms with Crippen LogP contribution in [0.25, 0.3) is 0 Å². The van der Waals surface area contributed by atoms with E-state index in [4.69, 9.17) is 0 Å². The molecule has 0 bridgehead atoms. The van der Waals surface area contributed by atoms with Crippen LogP contribution in [0.1, 0.15) is 11.1 Å². The molecule has 0 saturated heterocycles. The first-order chi connectivity index (χ1) is 8.22. The van der Waals surface area contributed by atoms with E-state index in [9.17, 15) is 0 Å². The van der Waals surface area contributed by atoms with Gasteiger partial charge in [-0.05, 0) is 37.1 Å². The second kappa shape index (κ2) is 4.91. The summed E-state index contributed by atoms with van der Waals surface area (Å²) in [7, 11) is 1.94. The summed E-state index contributed by atoms with van der Waals surface area (Å²) in [4.78, 5) is 0. The smallest absolute Gasteiger partial charge is 0.0620 e. The third-order valence-electron chi connectivity index (χ3n) is 2.94. The SMILES string of the molecule is CNc1ccccc1Nc1c(C)cccc1C. The molecule has 88 valence electrons. The quantitative estimate of drug-likeness (QED) is 0.823. The topological polar surface area (TPSA) is 24.1 Å². The first kappa shape index (κ1) is 11.5. The molecule has 0 radical (unpaired) electrons. The average molecular weight is 226 g/mol. The fourth-order valence-electron chi connectivity index (χ4n) is 1.96. The Kier molecular flexibility index (Phi) is 3.33. The summed E-state index contributed by atoms with van der Waals surface area (Å²) in [5.41, 5.74) is 5.92. The van der Waals surface area contributed by atoms with Gasteiger partial charge in [0.15, 0.2) is 0 Å². The van der Waals surface area contributed by atoms with Crippen LogP contribution in [0.15, 0.2) is 42.5 Å². The van der Waals surface area contributed by atoms with Crippen molar-refractivity contribution < 1.29 is 0 Å². The molecular weight excluding hydrogens is 208 g/mol. The lowest BCUT2D eigenvalue weighted by Crippen LogP contribution is -1.99. The van der Waals surface area contributed by atoms with Crippen LogP contribution >= 0.6 is 0 Å². The predicted molar refractivity (Wildman–Crippen MR) is 75.2 cm³/mol. The largest absolute Gasteiger partial charge is 0.386 e. The molecule has 0 aliphatic rings. The number of benzene rings is 2. The molecule has 0 amide bonds. The van der Waals surface area contributed by atoms with Crippen LogP contribution in [-0.2, 0) is 0 Å². The monoisotopic (exact) mass is 226 g/mol. The highest BCUT2D eigenvalue weighted by Gasteiger charge is 2.04. The lowest BCUT2D eigenvalue weighted by molar-refractivity contribution is 1.35. The molecular formula is C15H18N2. The van der Waals surface area contributed by atoms with Gasteiger partial charge in [0.1, 0.15) is 0 Å². The Labute approximate surface area is 103 Å². The number of rotatable bonds is 3. The zero-order valence-corrected chi connectivity index (χ0v) is 10.5. The molecule has 0 aromatic heterocycles. The molecule has 0 saturated carbocycles. The number of hydrogen-bond donors (Lipinski definition) is 2. The summed E-state index contributed by atoms with van der Waals surface area (Å²) < 4.78 is 0. The van der Waals surface area contributed by atoms with E-state index >= 15 is 0 Å². The minimum atomic E-state index is 1.10. The van der Waals surface area contributed by atoms with E-state index in [1.165, 1.54) is 16.8 Å². The predicted octanol–water partition coefficient (Wildman–Crippen LogP) is 4.09. The maximum absolute atomic E-state index is 3.50. The van der Waals surface area contributed by atoms with Gasteiger partial charge in [-0.3, -0.25) is 0 Å². The van der Waals surface area contributed by atoms with Crippen LogP contribution in [0.4, 0.5) is 17.1 Å². The Bertz CT molecular complexity index is 498. The standard InChI is InChI=1S/C15H18N2/c1-11-7-6-8-12(2)15(11)17-14-10-5-4-9-13(14)16-3/h4-10,16-17H,1-3H3. The Morgan fingerprint density at radius 2 is 1.35 bits per heavy atom. The van der Waals surface area contributed by atoms with Gasteiger partial charge in [0, 0.05) is 12.7 Å². The molecule has 2 nitrogen and oxygen atoms in total. The molecule has 2 aromatic carbocycles. The first-order valence-electron chi connectivity index (χ1n) is 5.82. The normalized spacial score (nSPS) is 10.1. The van der Waals surface area contributed by atoms with Gasteiger partial charge < -0.3 is 10.6 Å². The Morgan fingerprint density at radius 1 is 0.765 bits per heavy atom. The Balaban J connectivity index is 2.38. The first-order valence-corrected chi connectivity index (χ1v) is 5.82. The maximum Gasteiger partial charge on any atom is 0.0620 e. The van der Waals surface area contributed by atoms with Gasteiger partial charge in [-0.25, -0.2) is 0 Å². The summed E-state index contributed by atoms with van der Waals surface area (Å²) in [5, 5.41) is 6.69. The van der Waals surface area contributed by atoms with Crippen molar-refractivity contribution in [1.82, 2.24) is 0 Å². The molecule has 0 aliphatic carbocycles. The van der Waals surface area contributed by atoms with Crippen LogP contribution < -0.4 is 10.6 Å². The van der Waals surface area contributed by atoms with Crippen LogP contribution in [0, 0.1) is 13.8 Å². The maximum atomic E-state index is 3.50. The van der Waals surface area contributed by atoms with Gasteiger partial charge in [-0.15, -0.1) is 0 Å². The van der Waals surface area contributed by atoms with Crippen LogP contribution in [0.3, 0.4) is 0 Å². The third kappa shape index (κ3) is 2.41. The van der Waals surface area contributed by atoms with Gasteiger partial charge in [0.2, 0.25) is 0 Å². The van der Waals surface area contributed by atoms with Crippen molar-refractivity contribution in [2.24, 2.45) is 0 Å². The molecule has 2 rings (SSSR count). The van der Waals surface area contributed by atoms with Crippen LogP contribution in [-0.4, -0.2) is 7.05 Å². The highest BCUT2D eigenvalue weighted by molar-refractivity contribution is 5.76. The molecule has 0 unspecified atom stereocenters. The molecule has 2 aromatic rings. The second-order valence-electron chi connectivity index (χ2n) is 4.19. The van der Waals surface area contributed by atoms with E-state index in [2.05, 4.69) is 54.8 Å². The highest BCUT2D eigenvalue weighted by atomic mass is 14.9. The van der Waals surface area contributed by atoms with Crippen molar-refractivity contribution in [3.05, 3.63) is 53.6 Å². The number of nitrogens with one attached hydrogen (secondary N) is 2. The molecule has 17 heavy (non-hydrogen) atoms. The fraction of sp³-hybridized carbons (Fsp3) is 0.200. The molecule has 0 heterocycles. The molecule has 0 fully saturated rings. The minimum absolute atomic E-state index is 1.10. The third-order valence-corrected chi connectivity index (χ3v) is 2.94. The van der Waals surface area contributed by atoms with Crippen LogP contribution in [0.5, 0.6) is 0 Å². The van der Waals surface area contributed by atoms with E-state index in [1.54, 1.807) is 0 Å². The van der Waals surface area contributed by atoms with Gasteiger partial charge in [-0.2, -0.15) is 0 Å². The van der Waals surface area contributed by atoms with Gasteiger partial charge >= 0.3 is 0 Å². The average Bonchev–Trinajstić information content (AvgIpc) is 2.34. The Morgan fingerprint density at radius 3 is 1.94 bits per heavy atom. The lowest BCUT2D eigenvalue weighted by Gasteiger charge is -2.15. The minimum Gasteiger partial charge on any atom is -0.386 e. The van der Waals surface area contributed by atoms with E-state index < -0.39 is 0 Å². The molecule has 2 heteroatoms. The molecule has 0 spiro atoms. The van der Waals surface area contributed by atoms with Crippen molar-refractivity contribution >= 4 is 17.1 Å². The number of para-hydroxylation sites is 3. The van der Waals surface area contributed by atoms with Crippen LogP contribution in [0.2, 0.25) is 0 Å². The van der Waals surface area contributed by atoms with E-state index in [1.807, 2.05) is 19.2 Å². The summed E-state index contributed by atoms with van der Waals surface area (Å²) in [5.74, 6) is 0. The van der Waals surface area contributed by atoms with Gasteiger partial charge in [0.05, 0.1) is 11.4 Å². The zero-order chi connectivity index (χ0) is 12.3. The zero-order valence-electron chi connectivity index (χ0n) is 10.5. The number of hydrogen-bond acceptors (Lipinski definition) is 2. The Hall–Kier alpha value is -1.96. The summed E-state index contributed by atoms with van der Waals surface area (Å²) in [6, 6.07) is 14.5. The van der Waals surface area contributed by atoms with Crippen molar-refractivity contribution in [1.29, 1.82) is 0 Å². The lowest BCUT2D eigenvalue weighted by atomic mass is 10.1. The molecule has 2 N–H and O–H groups in total. The molecule has 0 aliphatic heterocycles. The van der Waals surface area contributed by atoms with Crippen molar-refractivity contribution in [2.75, 3.05) is 17.7 Å². The van der Waals surface area contributed by atoms with E-state index in [0.29, 0.717) is 0 Å². The molecule has 0 atom stereocenters. The van der Waals surface area contributed by atoms with Crippen molar-refractivity contribution in [3.8, 4) is 0 Å². The number of aryl methyl sites for hydroxylation is 2. The fourth-order valence-corrected chi connectivity index (χ4v) is 1.96. The summed E-state index contributed by atoms with van der Waals surface area (Å²) in [6.07, 6.45) is 0. The van der Waals surface area contributed by atoms with E-state index in [0.717, 1.165) is 11.4 Å². The highest BCUT2D eigenvalue weighted by Crippen LogP contribution is 2.28. The summed E-state index contributed by atoms with van der Waals surface area (Å²) in [6.45, 7) is 4.24. The second-order valence-corrected chi connectivity index (χ2v) is 4.19. The number of anilines is 3.